The summed E-state index contributed by atoms with van der Waals surface area (Å²) in [7, 11) is 3.22. The first kappa shape index (κ1) is 18.4. The Kier molecular flexibility index (Phi) is 5.89. The second-order valence-corrected chi connectivity index (χ2v) is 6.60. The van der Waals surface area contributed by atoms with Gasteiger partial charge in [0.25, 0.3) is 0 Å². The Bertz CT molecular complexity index is 759. The smallest absolute Gasteiger partial charge is 0.227 e. The Hall–Kier alpha value is -2.40. The van der Waals surface area contributed by atoms with Crippen LogP contribution in [-0.2, 0) is 11.2 Å². The minimum Gasteiger partial charge on any atom is -0.495 e. The number of hydrogen-bond acceptors (Lipinski definition) is 4. The molecule has 0 N–H and O–H groups in total. The molecule has 1 heterocycles. The van der Waals surface area contributed by atoms with Crippen molar-refractivity contribution in [2.45, 2.75) is 6.42 Å². The Morgan fingerprint density at radius 2 is 1.65 bits per heavy atom. The first-order chi connectivity index (χ1) is 12.6. The fourth-order valence-corrected chi connectivity index (χ4v) is 3.40. The van der Waals surface area contributed by atoms with Crippen molar-refractivity contribution in [2.24, 2.45) is 0 Å². The number of benzene rings is 2. The van der Waals surface area contributed by atoms with Crippen LogP contribution in [0.3, 0.4) is 0 Å². The summed E-state index contributed by atoms with van der Waals surface area (Å²) in [5, 5.41) is 0.518. The number of rotatable bonds is 5. The number of anilines is 1. The molecule has 2 aromatic rings. The average Bonchev–Trinajstić information content (AvgIpc) is 2.68. The monoisotopic (exact) mass is 374 g/mol. The van der Waals surface area contributed by atoms with Gasteiger partial charge in [-0.1, -0.05) is 41.9 Å². The molecule has 1 aliphatic rings. The van der Waals surface area contributed by atoms with Crippen LogP contribution in [-0.4, -0.2) is 51.2 Å². The van der Waals surface area contributed by atoms with Gasteiger partial charge in [0.2, 0.25) is 5.91 Å². The molecule has 6 heteroatoms. The maximum absolute atomic E-state index is 12.5. The van der Waals surface area contributed by atoms with Crippen LogP contribution >= 0.6 is 11.6 Å². The van der Waals surface area contributed by atoms with Crippen molar-refractivity contribution in [1.29, 1.82) is 0 Å². The molecule has 0 spiro atoms. The van der Waals surface area contributed by atoms with E-state index in [4.69, 9.17) is 21.1 Å². The van der Waals surface area contributed by atoms with Crippen LogP contribution in [0.15, 0.2) is 42.5 Å². The van der Waals surface area contributed by atoms with Gasteiger partial charge in [-0.2, -0.15) is 0 Å². The zero-order valence-corrected chi connectivity index (χ0v) is 15.8. The highest BCUT2D eigenvalue weighted by Crippen LogP contribution is 2.38. The Labute approximate surface area is 159 Å². The van der Waals surface area contributed by atoms with E-state index in [0.29, 0.717) is 36.0 Å². The predicted octanol–water partition coefficient (Wildman–Crippen LogP) is 3.25. The molecule has 3 rings (SSSR count). The summed E-state index contributed by atoms with van der Waals surface area (Å²) in [6, 6.07) is 13.5. The first-order valence-corrected chi connectivity index (χ1v) is 8.98. The molecule has 138 valence electrons. The Balaban J connectivity index is 1.66. The Morgan fingerprint density at radius 3 is 2.27 bits per heavy atom. The van der Waals surface area contributed by atoms with Crippen LogP contribution < -0.4 is 14.4 Å². The zero-order chi connectivity index (χ0) is 18.5. The summed E-state index contributed by atoms with van der Waals surface area (Å²) < 4.78 is 10.8. The highest BCUT2D eigenvalue weighted by atomic mass is 35.5. The molecule has 0 aliphatic carbocycles. The molecule has 26 heavy (non-hydrogen) atoms. The third-order valence-electron chi connectivity index (χ3n) is 4.62. The number of hydrogen-bond donors (Lipinski definition) is 0. The van der Waals surface area contributed by atoms with Crippen LogP contribution in [0.5, 0.6) is 11.5 Å². The lowest BCUT2D eigenvalue weighted by Gasteiger charge is -2.37. The average molecular weight is 375 g/mol. The number of nitrogens with zero attached hydrogens (tertiary/aromatic N) is 2. The van der Waals surface area contributed by atoms with Gasteiger partial charge < -0.3 is 19.3 Å². The predicted molar refractivity (Wildman–Crippen MR) is 103 cm³/mol. The summed E-state index contributed by atoms with van der Waals surface area (Å²) in [4.78, 5) is 16.6. The molecule has 1 aliphatic heterocycles. The van der Waals surface area contributed by atoms with E-state index in [-0.39, 0.29) is 5.91 Å². The molecule has 1 saturated heterocycles. The molecule has 5 nitrogen and oxygen atoms in total. The van der Waals surface area contributed by atoms with Crippen molar-refractivity contribution in [2.75, 3.05) is 45.3 Å². The van der Waals surface area contributed by atoms with Gasteiger partial charge in [0.15, 0.2) is 0 Å². The van der Waals surface area contributed by atoms with Crippen LogP contribution in [0, 0.1) is 0 Å². The molecule has 0 radical (unpaired) electrons. The molecule has 0 aromatic heterocycles. The SMILES string of the molecule is COc1cc(N2CCN(C(=O)Cc3ccccc3)CC2)c(OC)cc1Cl. The standard InChI is InChI=1S/C20H23ClN2O3/c1-25-18-14-17(19(26-2)13-16(18)21)22-8-10-23(11-9-22)20(24)12-15-6-4-3-5-7-15/h3-7,13-14H,8-12H2,1-2H3. The number of piperazine rings is 1. The highest BCUT2D eigenvalue weighted by molar-refractivity contribution is 6.32. The lowest BCUT2D eigenvalue weighted by Crippen LogP contribution is -2.49. The summed E-state index contributed by atoms with van der Waals surface area (Å²) in [5.74, 6) is 1.49. The van der Waals surface area contributed by atoms with E-state index in [9.17, 15) is 4.79 Å². The lowest BCUT2D eigenvalue weighted by atomic mass is 10.1. The number of carbonyl (C=O) groups is 1. The largest absolute Gasteiger partial charge is 0.495 e. The van der Waals surface area contributed by atoms with E-state index < -0.39 is 0 Å². The second kappa shape index (κ2) is 8.32. The lowest BCUT2D eigenvalue weighted by molar-refractivity contribution is -0.130. The van der Waals surface area contributed by atoms with Gasteiger partial charge in [-0.05, 0) is 5.56 Å². The number of carbonyl (C=O) groups excluding carboxylic acids is 1. The molecular weight excluding hydrogens is 352 g/mol. The molecular formula is C20H23ClN2O3. The van der Waals surface area contributed by atoms with Gasteiger partial charge in [-0.15, -0.1) is 0 Å². The normalized spacial score (nSPS) is 14.3. The summed E-state index contributed by atoms with van der Waals surface area (Å²) in [5.41, 5.74) is 1.98. The summed E-state index contributed by atoms with van der Waals surface area (Å²) in [6.07, 6.45) is 0.443. The molecule has 0 atom stereocenters. The van der Waals surface area contributed by atoms with E-state index in [1.165, 1.54) is 0 Å². The number of ether oxygens (including phenoxy) is 2. The molecule has 0 bridgehead atoms. The van der Waals surface area contributed by atoms with Crippen molar-refractivity contribution in [1.82, 2.24) is 4.90 Å². The zero-order valence-electron chi connectivity index (χ0n) is 15.1. The summed E-state index contributed by atoms with van der Waals surface area (Å²) in [6.45, 7) is 2.84. The molecule has 0 unspecified atom stereocenters. The molecule has 2 aromatic carbocycles. The minimum absolute atomic E-state index is 0.163. The molecule has 0 saturated carbocycles. The van der Waals surface area contributed by atoms with E-state index in [2.05, 4.69) is 4.90 Å². The second-order valence-electron chi connectivity index (χ2n) is 6.19. The number of amides is 1. The highest BCUT2D eigenvalue weighted by Gasteiger charge is 2.24. The number of halogens is 1. The minimum atomic E-state index is 0.163. The van der Waals surface area contributed by atoms with Gasteiger partial charge in [-0.25, -0.2) is 0 Å². The molecule has 1 amide bonds. The van der Waals surface area contributed by atoms with Gasteiger partial charge in [0, 0.05) is 38.3 Å². The van der Waals surface area contributed by atoms with E-state index in [0.717, 1.165) is 24.3 Å². The third-order valence-corrected chi connectivity index (χ3v) is 4.92. The number of methoxy groups -OCH3 is 2. The van der Waals surface area contributed by atoms with Gasteiger partial charge in [0.1, 0.15) is 11.5 Å². The third kappa shape index (κ3) is 4.05. The maximum atomic E-state index is 12.5. The van der Waals surface area contributed by atoms with Crippen LogP contribution in [0.25, 0.3) is 0 Å². The van der Waals surface area contributed by atoms with Crippen molar-refractivity contribution in [3.63, 3.8) is 0 Å². The van der Waals surface area contributed by atoms with Gasteiger partial charge in [-0.3, -0.25) is 4.79 Å². The van der Waals surface area contributed by atoms with Crippen molar-refractivity contribution in [3.05, 3.63) is 53.1 Å². The summed E-state index contributed by atoms with van der Waals surface area (Å²) >= 11 is 6.18. The Morgan fingerprint density at radius 1 is 1.00 bits per heavy atom. The van der Waals surface area contributed by atoms with Gasteiger partial charge >= 0.3 is 0 Å². The van der Waals surface area contributed by atoms with Crippen LogP contribution in [0.2, 0.25) is 5.02 Å². The fourth-order valence-electron chi connectivity index (χ4n) is 3.17. The topological polar surface area (TPSA) is 42.0 Å². The van der Waals surface area contributed by atoms with Crippen molar-refractivity contribution >= 4 is 23.2 Å². The van der Waals surface area contributed by atoms with Gasteiger partial charge in [0.05, 0.1) is 31.4 Å². The molecule has 1 fully saturated rings. The first-order valence-electron chi connectivity index (χ1n) is 8.60. The van der Waals surface area contributed by atoms with E-state index in [1.54, 1.807) is 20.3 Å². The van der Waals surface area contributed by atoms with Crippen LogP contribution in [0.1, 0.15) is 5.56 Å². The van der Waals surface area contributed by atoms with Crippen molar-refractivity contribution in [3.8, 4) is 11.5 Å². The maximum Gasteiger partial charge on any atom is 0.227 e. The quantitative estimate of drug-likeness (QED) is 0.805. The van der Waals surface area contributed by atoms with Crippen molar-refractivity contribution < 1.29 is 14.3 Å². The fraction of sp³-hybridized carbons (Fsp3) is 0.350. The van der Waals surface area contributed by atoms with E-state index in [1.807, 2.05) is 41.3 Å². The van der Waals surface area contributed by atoms with Crippen LogP contribution in [0.4, 0.5) is 5.69 Å². The van der Waals surface area contributed by atoms with E-state index >= 15 is 0 Å².